The number of hydrogen-bond acceptors (Lipinski definition) is 2. The second-order valence-corrected chi connectivity index (χ2v) is 6.73. The number of hydrogen-bond donors (Lipinski definition) is 1. The molecule has 2 aliphatic rings. The first kappa shape index (κ1) is 13.7. The Morgan fingerprint density at radius 1 is 1.40 bits per heavy atom. The number of nitrogens with zero attached hydrogens (tertiary/aromatic N) is 2. The normalized spacial score (nSPS) is 21.1. The van der Waals surface area contributed by atoms with Crippen LogP contribution in [0.5, 0.6) is 0 Å². The van der Waals surface area contributed by atoms with Crippen molar-refractivity contribution in [3.05, 3.63) is 27.7 Å². The first-order valence-corrected chi connectivity index (χ1v) is 7.84. The van der Waals surface area contributed by atoms with Crippen LogP contribution in [0.4, 0.5) is 10.5 Å². The lowest BCUT2D eigenvalue weighted by Gasteiger charge is -2.26. The van der Waals surface area contributed by atoms with Gasteiger partial charge in [-0.15, -0.1) is 0 Å². The monoisotopic (exact) mass is 338 g/mol. The van der Waals surface area contributed by atoms with Gasteiger partial charge in [0.2, 0.25) is 0 Å². The van der Waals surface area contributed by atoms with Gasteiger partial charge in [-0.1, -0.05) is 15.9 Å². The molecule has 108 valence electrons. The Hall–Kier alpha value is -1.23. The number of benzene rings is 1. The van der Waals surface area contributed by atoms with Crippen LogP contribution in [0.1, 0.15) is 30.9 Å². The fourth-order valence-electron chi connectivity index (χ4n) is 3.43. The van der Waals surface area contributed by atoms with Gasteiger partial charge in [0.1, 0.15) is 0 Å². The minimum atomic E-state index is -0.807. The molecule has 1 atom stereocenters. The average Bonchev–Trinajstić information content (AvgIpc) is 2.62. The van der Waals surface area contributed by atoms with Gasteiger partial charge in [-0.2, -0.15) is 0 Å². The van der Waals surface area contributed by atoms with E-state index in [1.807, 2.05) is 0 Å². The average molecular weight is 339 g/mol. The van der Waals surface area contributed by atoms with Crippen LogP contribution in [-0.2, 0) is 6.42 Å². The summed E-state index contributed by atoms with van der Waals surface area (Å²) in [5, 5.41) is 9.32. The molecule has 0 saturated carbocycles. The van der Waals surface area contributed by atoms with Crippen molar-refractivity contribution in [2.24, 2.45) is 0 Å². The highest BCUT2D eigenvalue weighted by Gasteiger charge is 2.36. The van der Waals surface area contributed by atoms with Crippen molar-refractivity contribution in [1.82, 2.24) is 4.90 Å². The van der Waals surface area contributed by atoms with Gasteiger partial charge >= 0.3 is 6.09 Å². The van der Waals surface area contributed by atoms with Crippen LogP contribution >= 0.6 is 15.9 Å². The number of halogens is 1. The summed E-state index contributed by atoms with van der Waals surface area (Å²) in [7, 11) is 0. The third-order valence-electron chi connectivity index (χ3n) is 4.38. The molecule has 5 heteroatoms. The summed E-state index contributed by atoms with van der Waals surface area (Å²) in [6.45, 7) is 6.49. The standard InChI is InChI=1S/C15H19BrN2O2/c1-9(2)18-8-10-7-17(15(19)20)6-5-11-12(16)3-4-13(18)14(10)11/h3-4,9-10H,5-8H2,1-2H3,(H,19,20)/t10-/m0/s1. The Kier molecular flexibility index (Phi) is 3.40. The lowest BCUT2D eigenvalue weighted by atomic mass is 9.95. The molecule has 0 aliphatic carbocycles. The molecule has 0 spiro atoms. The molecule has 1 aromatic rings. The van der Waals surface area contributed by atoms with Crippen molar-refractivity contribution in [2.75, 3.05) is 24.5 Å². The molecule has 0 bridgehead atoms. The lowest BCUT2D eigenvalue weighted by molar-refractivity contribution is 0.144. The van der Waals surface area contributed by atoms with Gasteiger partial charge in [0, 0.05) is 41.8 Å². The van der Waals surface area contributed by atoms with E-state index in [1.165, 1.54) is 16.8 Å². The lowest BCUT2D eigenvalue weighted by Crippen LogP contribution is -2.36. The molecule has 0 aromatic heterocycles. The first-order chi connectivity index (χ1) is 9.49. The molecule has 4 nitrogen and oxygen atoms in total. The first-order valence-electron chi connectivity index (χ1n) is 7.04. The van der Waals surface area contributed by atoms with E-state index < -0.39 is 6.09 Å². The Morgan fingerprint density at radius 2 is 2.15 bits per heavy atom. The maximum atomic E-state index is 11.3. The third kappa shape index (κ3) is 2.08. The van der Waals surface area contributed by atoms with Gasteiger partial charge in [-0.25, -0.2) is 4.79 Å². The maximum absolute atomic E-state index is 11.3. The summed E-state index contributed by atoms with van der Waals surface area (Å²) in [6, 6.07) is 4.70. The SMILES string of the molecule is CC(C)N1C[C@@H]2CN(C(=O)O)CCc3c(Br)ccc1c32. The molecule has 3 rings (SSSR count). The zero-order chi connectivity index (χ0) is 14.4. The molecule has 0 unspecified atom stereocenters. The fraction of sp³-hybridized carbons (Fsp3) is 0.533. The van der Waals surface area contributed by atoms with Crippen LogP contribution in [0.3, 0.4) is 0 Å². The molecular formula is C15H19BrN2O2. The molecule has 0 saturated heterocycles. The molecule has 2 heterocycles. The van der Waals surface area contributed by atoms with Gasteiger partial charge in [0.25, 0.3) is 0 Å². The molecular weight excluding hydrogens is 320 g/mol. The summed E-state index contributed by atoms with van der Waals surface area (Å²) < 4.78 is 1.11. The van der Waals surface area contributed by atoms with Crippen LogP contribution in [-0.4, -0.2) is 41.8 Å². The van der Waals surface area contributed by atoms with E-state index in [1.54, 1.807) is 4.90 Å². The van der Waals surface area contributed by atoms with Gasteiger partial charge in [-0.3, -0.25) is 0 Å². The minimum Gasteiger partial charge on any atom is -0.465 e. The predicted octanol–water partition coefficient (Wildman–Crippen LogP) is 3.30. The van der Waals surface area contributed by atoms with E-state index in [2.05, 4.69) is 46.8 Å². The zero-order valence-corrected chi connectivity index (χ0v) is 13.4. The highest BCUT2D eigenvalue weighted by molar-refractivity contribution is 9.10. The van der Waals surface area contributed by atoms with Crippen LogP contribution in [0.15, 0.2) is 16.6 Å². The summed E-state index contributed by atoms with van der Waals surface area (Å²) in [5.41, 5.74) is 3.94. The molecule has 1 aromatic carbocycles. The smallest absolute Gasteiger partial charge is 0.407 e. The minimum absolute atomic E-state index is 0.290. The number of rotatable bonds is 1. The van der Waals surface area contributed by atoms with Gasteiger partial charge in [0.15, 0.2) is 0 Å². The molecule has 0 radical (unpaired) electrons. The Morgan fingerprint density at radius 3 is 2.80 bits per heavy atom. The highest BCUT2D eigenvalue weighted by Crippen LogP contribution is 2.44. The Bertz CT molecular complexity index is 559. The van der Waals surface area contributed by atoms with Crippen LogP contribution in [0.2, 0.25) is 0 Å². The van der Waals surface area contributed by atoms with Crippen molar-refractivity contribution in [1.29, 1.82) is 0 Å². The fourth-order valence-corrected chi connectivity index (χ4v) is 3.97. The highest BCUT2D eigenvalue weighted by atomic mass is 79.9. The summed E-state index contributed by atoms with van der Waals surface area (Å²) in [5.74, 6) is 0.290. The van der Waals surface area contributed by atoms with Crippen LogP contribution < -0.4 is 4.90 Å². The number of anilines is 1. The quantitative estimate of drug-likeness (QED) is 0.854. The summed E-state index contributed by atoms with van der Waals surface area (Å²) in [6.07, 6.45) is -0.0168. The Balaban J connectivity index is 2.07. The molecule has 1 amide bonds. The number of carboxylic acid groups (broad SMARTS) is 1. The maximum Gasteiger partial charge on any atom is 0.407 e. The van der Waals surface area contributed by atoms with Gasteiger partial charge < -0.3 is 14.9 Å². The second-order valence-electron chi connectivity index (χ2n) is 5.88. The summed E-state index contributed by atoms with van der Waals surface area (Å²) in [4.78, 5) is 15.3. The number of carbonyl (C=O) groups is 1. The molecule has 2 aliphatic heterocycles. The zero-order valence-electron chi connectivity index (χ0n) is 11.8. The van der Waals surface area contributed by atoms with Crippen LogP contribution in [0, 0.1) is 0 Å². The van der Waals surface area contributed by atoms with E-state index in [-0.39, 0.29) is 0 Å². The topological polar surface area (TPSA) is 43.8 Å². The molecule has 20 heavy (non-hydrogen) atoms. The van der Waals surface area contributed by atoms with Crippen molar-refractivity contribution in [3.63, 3.8) is 0 Å². The predicted molar refractivity (Wildman–Crippen MR) is 82.7 cm³/mol. The van der Waals surface area contributed by atoms with E-state index in [4.69, 9.17) is 0 Å². The van der Waals surface area contributed by atoms with Gasteiger partial charge in [0.05, 0.1) is 0 Å². The summed E-state index contributed by atoms with van der Waals surface area (Å²) >= 11 is 3.64. The van der Waals surface area contributed by atoms with Crippen LogP contribution in [0.25, 0.3) is 0 Å². The largest absolute Gasteiger partial charge is 0.465 e. The van der Waals surface area contributed by atoms with Crippen molar-refractivity contribution < 1.29 is 9.90 Å². The van der Waals surface area contributed by atoms with E-state index in [0.29, 0.717) is 25.0 Å². The third-order valence-corrected chi connectivity index (χ3v) is 5.12. The number of amides is 1. The van der Waals surface area contributed by atoms with E-state index in [0.717, 1.165) is 17.4 Å². The van der Waals surface area contributed by atoms with E-state index in [9.17, 15) is 9.90 Å². The van der Waals surface area contributed by atoms with Crippen molar-refractivity contribution in [3.8, 4) is 0 Å². The molecule has 1 N–H and O–H groups in total. The van der Waals surface area contributed by atoms with Crippen molar-refractivity contribution in [2.45, 2.75) is 32.2 Å². The second kappa shape index (κ2) is 4.95. The van der Waals surface area contributed by atoms with Crippen molar-refractivity contribution >= 4 is 27.7 Å². The Labute approximate surface area is 127 Å². The molecule has 0 fully saturated rings. The van der Waals surface area contributed by atoms with Gasteiger partial charge in [-0.05, 0) is 43.5 Å². The van der Waals surface area contributed by atoms with E-state index >= 15 is 0 Å².